The molecule has 5 rings (SSSR count). The maximum Gasteiger partial charge on any atom is 0.272 e. The van der Waals surface area contributed by atoms with Gasteiger partial charge in [-0.05, 0) is 62.4 Å². The molecular formula is C28H24N4O2. The van der Waals surface area contributed by atoms with Crippen LogP contribution >= 0.6 is 0 Å². The molecule has 0 radical (unpaired) electrons. The smallest absolute Gasteiger partial charge is 0.272 e. The van der Waals surface area contributed by atoms with E-state index in [0.29, 0.717) is 17.9 Å². The molecule has 1 amide bonds. The Labute approximate surface area is 197 Å². The molecule has 0 aliphatic heterocycles. The van der Waals surface area contributed by atoms with Gasteiger partial charge < -0.3 is 9.72 Å². The number of pyridine rings is 1. The van der Waals surface area contributed by atoms with Crippen LogP contribution in [0.1, 0.15) is 28.4 Å². The second kappa shape index (κ2) is 9.19. The number of benzene rings is 3. The lowest BCUT2D eigenvalue weighted by Gasteiger charge is -2.10. The molecule has 3 aromatic carbocycles. The standard InChI is InChI=1S/C28H24N4O2/c1-3-34-21-11-9-19(10-12-21)27-15-24(23-14-18(2)8-13-26(23)31-27)28(33)32-30-17-20-16-29-25-7-5-4-6-22(20)25/h4-17,29H,3H2,1-2H3,(H,32,33). The first kappa shape index (κ1) is 21.4. The first-order valence-electron chi connectivity index (χ1n) is 11.2. The van der Waals surface area contributed by atoms with E-state index in [1.54, 1.807) is 6.21 Å². The second-order valence-electron chi connectivity index (χ2n) is 8.02. The van der Waals surface area contributed by atoms with Crippen LogP contribution in [0.25, 0.3) is 33.1 Å². The number of carbonyl (C=O) groups excluding carboxylic acids is 1. The number of nitrogens with one attached hydrogen (secondary N) is 2. The number of hydrogen-bond donors (Lipinski definition) is 2. The molecular weight excluding hydrogens is 424 g/mol. The van der Waals surface area contributed by atoms with Crippen LogP contribution in [-0.2, 0) is 0 Å². The summed E-state index contributed by atoms with van der Waals surface area (Å²) < 4.78 is 5.54. The van der Waals surface area contributed by atoms with Crippen molar-refractivity contribution in [2.24, 2.45) is 5.10 Å². The molecule has 0 unspecified atom stereocenters. The largest absolute Gasteiger partial charge is 0.494 e. The number of hydrogen-bond acceptors (Lipinski definition) is 4. The molecule has 0 atom stereocenters. The number of aryl methyl sites for hydroxylation is 1. The highest BCUT2D eigenvalue weighted by Crippen LogP contribution is 2.27. The van der Waals surface area contributed by atoms with Crippen molar-refractivity contribution in [2.45, 2.75) is 13.8 Å². The fourth-order valence-electron chi connectivity index (χ4n) is 3.99. The minimum atomic E-state index is -0.290. The summed E-state index contributed by atoms with van der Waals surface area (Å²) in [5.41, 5.74) is 8.56. The lowest BCUT2D eigenvalue weighted by atomic mass is 10.0. The number of aromatic nitrogens is 2. The number of nitrogens with zero attached hydrogens (tertiary/aromatic N) is 2. The Hall–Kier alpha value is -4.45. The average Bonchev–Trinajstić information content (AvgIpc) is 3.27. The van der Waals surface area contributed by atoms with Crippen LogP contribution < -0.4 is 10.2 Å². The van der Waals surface area contributed by atoms with Gasteiger partial charge >= 0.3 is 0 Å². The fraction of sp³-hybridized carbons (Fsp3) is 0.107. The zero-order chi connectivity index (χ0) is 23.5. The summed E-state index contributed by atoms with van der Waals surface area (Å²) in [6.45, 7) is 4.56. The number of H-pyrrole nitrogens is 1. The van der Waals surface area contributed by atoms with E-state index in [4.69, 9.17) is 9.72 Å². The number of fused-ring (bicyclic) bond motifs is 2. The Morgan fingerprint density at radius 3 is 2.71 bits per heavy atom. The molecule has 34 heavy (non-hydrogen) atoms. The Bertz CT molecular complexity index is 1520. The predicted octanol–water partition coefficient (Wildman–Crippen LogP) is 5.85. The lowest BCUT2D eigenvalue weighted by molar-refractivity contribution is 0.0956. The highest BCUT2D eigenvalue weighted by molar-refractivity contribution is 6.08. The molecule has 2 heterocycles. The number of ether oxygens (including phenoxy) is 1. The molecule has 6 heteroatoms. The van der Waals surface area contributed by atoms with Crippen LogP contribution in [-0.4, -0.2) is 28.7 Å². The topological polar surface area (TPSA) is 79.4 Å². The molecule has 2 aromatic heterocycles. The van der Waals surface area contributed by atoms with E-state index in [9.17, 15) is 4.79 Å². The van der Waals surface area contributed by atoms with Crippen LogP contribution in [0.4, 0.5) is 0 Å². The average molecular weight is 449 g/mol. The van der Waals surface area contributed by atoms with Crippen LogP contribution in [0.3, 0.4) is 0 Å². The van der Waals surface area contributed by atoms with E-state index in [-0.39, 0.29) is 5.91 Å². The van der Waals surface area contributed by atoms with Gasteiger partial charge in [0.05, 0.1) is 29.6 Å². The molecule has 0 saturated heterocycles. The van der Waals surface area contributed by atoms with Gasteiger partial charge in [-0.25, -0.2) is 10.4 Å². The summed E-state index contributed by atoms with van der Waals surface area (Å²) in [7, 11) is 0. The Morgan fingerprint density at radius 2 is 1.88 bits per heavy atom. The fourth-order valence-corrected chi connectivity index (χ4v) is 3.99. The Kier molecular flexibility index (Phi) is 5.79. The molecule has 0 spiro atoms. The minimum Gasteiger partial charge on any atom is -0.494 e. The van der Waals surface area contributed by atoms with E-state index >= 15 is 0 Å². The van der Waals surface area contributed by atoms with Crippen molar-refractivity contribution in [3.63, 3.8) is 0 Å². The number of carbonyl (C=O) groups is 1. The van der Waals surface area contributed by atoms with E-state index in [1.807, 2.05) is 92.8 Å². The van der Waals surface area contributed by atoms with Gasteiger partial charge in [-0.2, -0.15) is 5.10 Å². The first-order chi connectivity index (χ1) is 16.6. The van der Waals surface area contributed by atoms with Gasteiger partial charge in [0.15, 0.2) is 0 Å². The van der Waals surface area contributed by atoms with Crippen LogP contribution in [0, 0.1) is 6.92 Å². The molecule has 0 saturated carbocycles. The summed E-state index contributed by atoms with van der Waals surface area (Å²) in [4.78, 5) is 21.2. The van der Waals surface area contributed by atoms with Crippen LogP contribution in [0.5, 0.6) is 5.75 Å². The second-order valence-corrected chi connectivity index (χ2v) is 8.02. The normalized spacial score (nSPS) is 11.4. The molecule has 168 valence electrons. The van der Waals surface area contributed by atoms with Gasteiger partial charge in [-0.15, -0.1) is 0 Å². The molecule has 6 nitrogen and oxygen atoms in total. The SMILES string of the molecule is CCOc1ccc(-c2cc(C(=O)NN=Cc3c[nH]c4ccccc34)c3cc(C)ccc3n2)cc1. The van der Waals surface area contributed by atoms with Gasteiger partial charge in [0.2, 0.25) is 0 Å². The van der Waals surface area contributed by atoms with Gasteiger partial charge in [-0.3, -0.25) is 4.79 Å². The van der Waals surface area contributed by atoms with Crippen molar-refractivity contribution in [1.82, 2.24) is 15.4 Å². The molecule has 0 fully saturated rings. The maximum atomic E-state index is 13.2. The van der Waals surface area contributed by atoms with E-state index < -0.39 is 0 Å². The summed E-state index contributed by atoms with van der Waals surface area (Å²) in [5, 5.41) is 6.05. The van der Waals surface area contributed by atoms with E-state index in [2.05, 4.69) is 15.5 Å². The monoisotopic (exact) mass is 448 g/mol. The quantitative estimate of drug-likeness (QED) is 0.252. The summed E-state index contributed by atoms with van der Waals surface area (Å²) in [5.74, 6) is 0.508. The van der Waals surface area contributed by atoms with Gasteiger partial charge in [0.1, 0.15) is 5.75 Å². The van der Waals surface area contributed by atoms with Gasteiger partial charge in [0, 0.05) is 33.6 Å². The van der Waals surface area contributed by atoms with Crippen molar-refractivity contribution < 1.29 is 9.53 Å². The third-order valence-corrected chi connectivity index (χ3v) is 5.66. The highest BCUT2D eigenvalue weighted by atomic mass is 16.5. The summed E-state index contributed by atoms with van der Waals surface area (Å²) in [6.07, 6.45) is 3.52. The zero-order valence-electron chi connectivity index (χ0n) is 19.0. The third-order valence-electron chi connectivity index (χ3n) is 5.66. The molecule has 0 aliphatic rings. The molecule has 2 N–H and O–H groups in total. The number of aromatic amines is 1. The predicted molar refractivity (Wildman–Crippen MR) is 136 cm³/mol. The summed E-state index contributed by atoms with van der Waals surface area (Å²) in [6, 6.07) is 23.4. The van der Waals surface area contributed by atoms with Crippen molar-refractivity contribution in [1.29, 1.82) is 0 Å². The highest BCUT2D eigenvalue weighted by Gasteiger charge is 2.14. The van der Waals surface area contributed by atoms with Gasteiger partial charge in [-0.1, -0.05) is 29.8 Å². The molecule has 5 aromatic rings. The van der Waals surface area contributed by atoms with Gasteiger partial charge in [0.25, 0.3) is 5.91 Å². The lowest BCUT2D eigenvalue weighted by Crippen LogP contribution is -2.18. The number of para-hydroxylation sites is 1. The molecule has 0 bridgehead atoms. The number of hydrazone groups is 1. The Morgan fingerprint density at radius 1 is 1.06 bits per heavy atom. The van der Waals surface area contributed by atoms with Crippen molar-refractivity contribution >= 4 is 33.9 Å². The van der Waals surface area contributed by atoms with E-state index in [1.165, 1.54) is 0 Å². The van der Waals surface area contributed by atoms with Crippen molar-refractivity contribution in [3.05, 3.63) is 95.7 Å². The number of rotatable bonds is 6. The molecule has 0 aliphatic carbocycles. The Balaban J connectivity index is 1.48. The van der Waals surface area contributed by atoms with Crippen LogP contribution in [0.15, 0.2) is 84.1 Å². The number of amides is 1. The maximum absolute atomic E-state index is 13.2. The summed E-state index contributed by atoms with van der Waals surface area (Å²) >= 11 is 0. The minimum absolute atomic E-state index is 0.290. The van der Waals surface area contributed by atoms with Crippen molar-refractivity contribution in [2.75, 3.05) is 6.61 Å². The van der Waals surface area contributed by atoms with Crippen LogP contribution in [0.2, 0.25) is 0 Å². The first-order valence-corrected chi connectivity index (χ1v) is 11.2. The zero-order valence-corrected chi connectivity index (χ0v) is 19.0. The van der Waals surface area contributed by atoms with Crippen molar-refractivity contribution in [3.8, 4) is 17.0 Å². The van der Waals surface area contributed by atoms with E-state index in [0.717, 1.165) is 44.2 Å². The third kappa shape index (κ3) is 4.26.